The van der Waals surface area contributed by atoms with E-state index in [2.05, 4.69) is 20.7 Å². The van der Waals surface area contributed by atoms with Gasteiger partial charge in [0.25, 0.3) is 0 Å². The molecule has 3 N–H and O–H groups in total. The number of halogens is 1. The molecule has 3 atom stereocenters. The molecule has 2 aromatic carbocycles. The fourth-order valence-electron chi connectivity index (χ4n) is 2.85. The minimum atomic E-state index is -1.40. The molecular weight excluding hydrogens is 446 g/mol. The zero-order valence-electron chi connectivity index (χ0n) is 16.4. The van der Waals surface area contributed by atoms with Crippen molar-refractivity contribution in [3.05, 3.63) is 40.4 Å². The summed E-state index contributed by atoms with van der Waals surface area (Å²) in [5.74, 6) is -0.404. The summed E-state index contributed by atoms with van der Waals surface area (Å²) in [5, 5.41) is 21.1. The Hall–Kier alpha value is -1.32. The van der Waals surface area contributed by atoms with E-state index in [1.54, 1.807) is 7.11 Å². The number of rotatable bonds is 8. The molecule has 0 radical (unpaired) electrons. The summed E-state index contributed by atoms with van der Waals surface area (Å²) in [6, 6.07) is 8.93. The standard InChI is InChI=1S/C20H26BrNO5S/c1-20(2,3)28(26)22-18(9-12(23)10-19(24)25)15-7-8-17(21)14-6-5-13(27-4)11-16(14)15/h5-8,11-12,18,22-23H,9-10H2,1-4H3,(H,24,25). The van der Waals surface area contributed by atoms with Gasteiger partial charge < -0.3 is 19.5 Å². The molecule has 3 unspecified atom stereocenters. The molecule has 0 aromatic heterocycles. The predicted molar refractivity (Wildman–Crippen MR) is 115 cm³/mol. The van der Waals surface area contributed by atoms with Crippen molar-refractivity contribution >= 4 is 44.0 Å². The minimum absolute atomic E-state index is 0.113. The van der Waals surface area contributed by atoms with E-state index in [1.165, 1.54) is 0 Å². The van der Waals surface area contributed by atoms with Gasteiger partial charge >= 0.3 is 5.97 Å². The number of fused-ring (bicyclic) bond motifs is 1. The Morgan fingerprint density at radius 2 is 1.96 bits per heavy atom. The fraction of sp³-hybridized carbons (Fsp3) is 0.450. The number of methoxy groups -OCH3 is 1. The highest BCUT2D eigenvalue weighted by molar-refractivity contribution is 9.10. The summed E-state index contributed by atoms with van der Waals surface area (Å²) in [6.07, 6.45) is -1.34. The van der Waals surface area contributed by atoms with Gasteiger partial charge in [-0.25, -0.2) is 0 Å². The van der Waals surface area contributed by atoms with Gasteiger partial charge in [-0.05, 0) is 67.8 Å². The number of nitrogens with one attached hydrogen (secondary N) is 1. The number of carboxylic acid groups (broad SMARTS) is 1. The molecule has 0 aliphatic carbocycles. The topological polar surface area (TPSA) is 102 Å². The van der Waals surface area contributed by atoms with E-state index in [9.17, 15) is 14.5 Å². The zero-order valence-corrected chi connectivity index (χ0v) is 18.8. The number of hydrogen-bond donors (Lipinski definition) is 3. The number of carbonyl (C=O) groups is 1. The summed E-state index contributed by atoms with van der Waals surface area (Å²) >= 11 is 2.14. The summed E-state index contributed by atoms with van der Waals surface area (Å²) in [7, 11) is 1.58. The third kappa shape index (κ3) is 5.84. The molecule has 154 valence electrons. The molecule has 0 spiro atoms. The first-order valence-electron chi connectivity index (χ1n) is 8.87. The lowest BCUT2D eigenvalue weighted by molar-refractivity contribution is -0.139. The van der Waals surface area contributed by atoms with E-state index in [4.69, 9.17) is 9.84 Å². The largest absolute Gasteiger partial charge is 0.598 e. The Labute approximate surface area is 176 Å². The highest BCUT2D eigenvalue weighted by Gasteiger charge is 2.32. The first-order chi connectivity index (χ1) is 13.0. The number of hydrogen-bond acceptors (Lipinski definition) is 5. The summed E-state index contributed by atoms with van der Waals surface area (Å²) in [4.78, 5) is 11.0. The van der Waals surface area contributed by atoms with Gasteiger partial charge in [0.05, 0.1) is 25.7 Å². The van der Waals surface area contributed by atoms with Crippen LogP contribution in [0.25, 0.3) is 10.8 Å². The van der Waals surface area contributed by atoms with Gasteiger partial charge in [-0.1, -0.05) is 22.0 Å². The van der Waals surface area contributed by atoms with Crippen molar-refractivity contribution in [3.63, 3.8) is 0 Å². The summed E-state index contributed by atoms with van der Waals surface area (Å²) < 4.78 is 21.6. The second-order valence-corrected chi connectivity index (χ2v) is 10.4. The van der Waals surface area contributed by atoms with Crippen molar-refractivity contribution in [3.8, 4) is 5.75 Å². The van der Waals surface area contributed by atoms with Gasteiger partial charge in [0, 0.05) is 15.8 Å². The van der Waals surface area contributed by atoms with Crippen LogP contribution in [-0.2, 0) is 16.2 Å². The minimum Gasteiger partial charge on any atom is -0.598 e. The van der Waals surface area contributed by atoms with Crippen LogP contribution in [0, 0.1) is 0 Å². The third-order valence-corrected chi connectivity index (χ3v) is 6.61. The molecule has 0 saturated carbocycles. The fourth-order valence-corrected chi connectivity index (χ4v) is 4.16. The third-order valence-electron chi connectivity index (χ3n) is 4.30. The van der Waals surface area contributed by atoms with Crippen LogP contribution in [0.15, 0.2) is 34.8 Å². The van der Waals surface area contributed by atoms with E-state index in [-0.39, 0.29) is 12.8 Å². The Balaban J connectivity index is 2.52. The Morgan fingerprint density at radius 3 is 2.54 bits per heavy atom. The second-order valence-electron chi connectivity index (χ2n) is 7.59. The van der Waals surface area contributed by atoms with Crippen LogP contribution in [0.2, 0.25) is 0 Å². The quantitative estimate of drug-likeness (QED) is 0.504. The Bertz CT molecular complexity index is 839. The van der Waals surface area contributed by atoms with Crippen molar-refractivity contribution in [2.75, 3.05) is 7.11 Å². The summed E-state index contributed by atoms with van der Waals surface area (Å²) in [5.41, 5.74) is 0.819. The van der Waals surface area contributed by atoms with Crippen LogP contribution >= 0.6 is 15.9 Å². The molecule has 8 heteroatoms. The molecule has 0 aliphatic heterocycles. The molecule has 28 heavy (non-hydrogen) atoms. The number of carboxylic acids is 1. The molecule has 0 fully saturated rings. The maximum Gasteiger partial charge on any atom is 0.305 e. The van der Waals surface area contributed by atoms with Crippen LogP contribution in [0.3, 0.4) is 0 Å². The molecule has 0 heterocycles. The van der Waals surface area contributed by atoms with E-state index in [0.29, 0.717) is 5.75 Å². The molecule has 0 amide bonds. The van der Waals surface area contributed by atoms with E-state index in [0.717, 1.165) is 20.8 Å². The highest BCUT2D eigenvalue weighted by atomic mass is 79.9. The van der Waals surface area contributed by atoms with Crippen molar-refractivity contribution < 1.29 is 24.3 Å². The van der Waals surface area contributed by atoms with Crippen LogP contribution in [0.1, 0.15) is 45.2 Å². The average Bonchev–Trinajstić information content (AvgIpc) is 2.59. The molecule has 0 saturated heterocycles. The van der Waals surface area contributed by atoms with Crippen LogP contribution in [0.5, 0.6) is 5.75 Å². The SMILES string of the molecule is COc1ccc2c(Br)ccc(C(CC(O)CC(=O)O)N[S+]([O-])C(C)(C)C)c2c1. The average molecular weight is 472 g/mol. The molecule has 0 bridgehead atoms. The van der Waals surface area contributed by atoms with Gasteiger partial charge in [0.1, 0.15) is 10.5 Å². The van der Waals surface area contributed by atoms with E-state index < -0.39 is 34.2 Å². The monoisotopic (exact) mass is 471 g/mol. The van der Waals surface area contributed by atoms with Crippen molar-refractivity contribution in [1.29, 1.82) is 0 Å². The van der Waals surface area contributed by atoms with Gasteiger partial charge in [-0.2, -0.15) is 0 Å². The molecule has 2 rings (SSSR count). The van der Waals surface area contributed by atoms with Gasteiger partial charge in [-0.15, -0.1) is 4.72 Å². The Kier molecular flexibility index (Phi) is 7.75. The number of benzene rings is 2. The van der Waals surface area contributed by atoms with Crippen molar-refractivity contribution in [2.24, 2.45) is 0 Å². The predicted octanol–water partition coefficient (Wildman–Crippen LogP) is 3.93. The maximum atomic E-state index is 12.7. The lowest BCUT2D eigenvalue weighted by Crippen LogP contribution is -2.42. The maximum absolute atomic E-state index is 12.7. The lowest BCUT2D eigenvalue weighted by Gasteiger charge is -2.29. The normalized spacial score (nSPS) is 15.2. The van der Waals surface area contributed by atoms with Crippen LogP contribution < -0.4 is 9.46 Å². The number of aliphatic carboxylic acids is 1. The number of aliphatic hydroxyl groups excluding tert-OH is 1. The highest BCUT2D eigenvalue weighted by Crippen LogP contribution is 2.35. The van der Waals surface area contributed by atoms with Gasteiger partial charge in [0.2, 0.25) is 0 Å². The van der Waals surface area contributed by atoms with Gasteiger partial charge in [-0.3, -0.25) is 4.79 Å². The number of aliphatic hydroxyl groups is 1. The summed E-state index contributed by atoms with van der Waals surface area (Å²) in [6.45, 7) is 5.55. The second kappa shape index (κ2) is 9.45. The first kappa shape index (κ1) is 23.0. The first-order valence-corrected chi connectivity index (χ1v) is 10.8. The molecular formula is C20H26BrNO5S. The molecule has 0 aliphatic rings. The van der Waals surface area contributed by atoms with Gasteiger partial charge in [0.15, 0.2) is 0 Å². The van der Waals surface area contributed by atoms with E-state index >= 15 is 0 Å². The van der Waals surface area contributed by atoms with Crippen molar-refractivity contribution in [2.45, 2.75) is 50.5 Å². The number of ether oxygens (including phenoxy) is 1. The zero-order chi connectivity index (χ0) is 21.1. The Morgan fingerprint density at radius 1 is 1.29 bits per heavy atom. The van der Waals surface area contributed by atoms with Crippen LogP contribution in [-0.4, -0.2) is 38.7 Å². The molecule has 2 aromatic rings. The van der Waals surface area contributed by atoms with Crippen LogP contribution in [0.4, 0.5) is 0 Å². The van der Waals surface area contributed by atoms with E-state index in [1.807, 2.05) is 51.1 Å². The molecule has 6 nitrogen and oxygen atoms in total. The lowest BCUT2D eigenvalue weighted by atomic mass is 9.94. The van der Waals surface area contributed by atoms with Crippen molar-refractivity contribution in [1.82, 2.24) is 4.72 Å². The smallest absolute Gasteiger partial charge is 0.305 e.